The third kappa shape index (κ3) is 4.63. The van der Waals surface area contributed by atoms with Crippen LogP contribution in [-0.2, 0) is 24.3 Å². The molecule has 4 unspecified atom stereocenters. The van der Waals surface area contributed by atoms with Crippen molar-refractivity contribution in [2.24, 2.45) is 5.92 Å². The summed E-state index contributed by atoms with van der Waals surface area (Å²) in [5.74, 6) is -1.72. The number of rotatable bonds is 4. The Balaban J connectivity index is 1.73. The SMILES string of the molecule is CS(=O)(=O)NC(=O)C1CC2CC(OC(=O)c3cc(I)cc(I)c3I)C1O2. The van der Waals surface area contributed by atoms with E-state index in [-0.39, 0.29) is 6.10 Å². The van der Waals surface area contributed by atoms with Gasteiger partial charge >= 0.3 is 5.97 Å². The van der Waals surface area contributed by atoms with E-state index in [4.69, 9.17) is 9.47 Å². The molecule has 0 saturated carbocycles. The zero-order chi connectivity index (χ0) is 19.2. The molecule has 2 aliphatic rings. The van der Waals surface area contributed by atoms with Crippen LogP contribution in [0.3, 0.4) is 0 Å². The van der Waals surface area contributed by atoms with Gasteiger partial charge in [0.25, 0.3) is 0 Å². The second kappa shape index (κ2) is 7.94. The average molecular weight is 717 g/mol. The predicted molar refractivity (Wildman–Crippen MR) is 118 cm³/mol. The molecule has 1 aromatic carbocycles. The van der Waals surface area contributed by atoms with Crippen molar-refractivity contribution >= 4 is 89.7 Å². The van der Waals surface area contributed by atoms with E-state index in [0.29, 0.717) is 18.4 Å². The quantitative estimate of drug-likeness (QED) is 0.292. The molecule has 2 saturated heterocycles. The highest BCUT2D eigenvalue weighted by Gasteiger charge is 2.52. The normalized spacial score (nSPS) is 27.4. The molecule has 2 heterocycles. The fraction of sp³-hybridized carbons (Fsp3) is 0.467. The predicted octanol–water partition coefficient (Wildman–Crippen LogP) is 2.28. The molecule has 1 amide bonds. The highest BCUT2D eigenvalue weighted by atomic mass is 127. The number of amides is 1. The number of sulfonamides is 1. The standard InChI is InChI=1S/C15H14I3NO6S/c1-26(22,23)19-14(20)9-4-7-5-11(13(9)24-7)25-15(21)8-2-6(16)3-10(17)12(8)18/h2-3,7,9,11,13H,4-5H2,1H3,(H,19,20). The van der Waals surface area contributed by atoms with Gasteiger partial charge in [0.05, 0.1) is 23.8 Å². The molecule has 3 rings (SSSR count). The number of carbonyl (C=O) groups excluding carboxylic acids is 2. The molecule has 11 heteroatoms. The van der Waals surface area contributed by atoms with Gasteiger partial charge in [0.15, 0.2) is 0 Å². The first-order valence-electron chi connectivity index (χ1n) is 7.58. The molecule has 142 valence electrons. The third-order valence-corrected chi connectivity index (χ3v) is 8.46. The van der Waals surface area contributed by atoms with Crippen LogP contribution in [-0.4, -0.2) is 44.9 Å². The monoisotopic (exact) mass is 717 g/mol. The van der Waals surface area contributed by atoms with Gasteiger partial charge in [-0.05, 0) is 86.3 Å². The fourth-order valence-corrected chi connectivity index (χ4v) is 6.11. The van der Waals surface area contributed by atoms with Gasteiger partial charge in [-0.3, -0.25) is 9.52 Å². The lowest BCUT2D eigenvalue weighted by molar-refractivity contribution is -0.126. The molecule has 26 heavy (non-hydrogen) atoms. The second-order valence-corrected chi connectivity index (χ2v) is 11.5. The topological polar surface area (TPSA) is 98.8 Å². The van der Waals surface area contributed by atoms with Crippen molar-refractivity contribution in [2.45, 2.75) is 31.2 Å². The van der Waals surface area contributed by atoms with Gasteiger partial charge in [-0.2, -0.15) is 0 Å². The molecule has 0 aromatic heterocycles. The van der Waals surface area contributed by atoms with Crippen LogP contribution in [0.2, 0.25) is 0 Å². The maximum absolute atomic E-state index is 12.6. The van der Waals surface area contributed by atoms with Gasteiger partial charge in [-0.25, -0.2) is 13.2 Å². The molecule has 2 bridgehead atoms. The largest absolute Gasteiger partial charge is 0.456 e. The summed E-state index contributed by atoms with van der Waals surface area (Å²) in [6.45, 7) is 0. The molecule has 2 aliphatic heterocycles. The summed E-state index contributed by atoms with van der Waals surface area (Å²) in [5.41, 5.74) is 0.474. The van der Waals surface area contributed by atoms with Gasteiger partial charge in [-0.1, -0.05) is 0 Å². The van der Waals surface area contributed by atoms with Crippen molar-refractivity contribution in [3.05, 3.63) is 28.4 Å². The summed E-state index contributed by atoms with van der Waals surface area (Å²) in [6.07, 6.45) is 0.475. The zero-order valence-corrected chi connectivity index (χ0v) is 20.7. The van der Waals surface area contributed by atoms with Crippen LogP contribution in [0.4, 0.5) is 0 Å². The minimum atomic E-state index is -3.64. The number of ether oxygens (including phenoxy) is 2. The maximum atomic E-state index is 12.6. The Kier molecular flexibility index (Phi) is 6.41. The highest BCUT2D eigenvalue weighted by molar-refractivity contribution is 14.1. The van der Waals surface area contributed by atoms with Crippen molar-refractivity contribution < 1.29 is 27.5 Å². The van der Waals surface area contributed by atoms with E-state index >= 15 is 0 Å². The second-order valence-electron chi connectivity index (χ2n) is 6.23. The first-order valence-corrected chi connectivity index (χ1v) is 12.7. The number of nitrogens with one attached hydrogen (secondary N) is 1. The Hall–Kier alpha value is 0.260. The Bertz CT molecular complexity index is 874. The summed E-state index contributed by atoms with van der Waals surface area (Å²) in [7, 11) is -3.64. The lowest BCUT2D eigenvalue weighted by Gasteiger charge is -2.25. The minimum absolute atomic E-state index is 0.205. The summed E-state index contributed by atoms with van der Waals surface area (Å²) in [6, 6.07) is 3.72. The number of esters is 1. The Morgan fingerprint density at radius 2 is 1.92 bits per heavy atom. The Morgan fingerprint density at radius 3 is 2.54 bits per heavy atom. The summed E-state index contributed by atoms with van der Waals surface area (Å²) in [4.78, 5) is 24.8. The van der Waals surface area contributed by atoms with Crippen LogP contribution >= 0.6 is 67.8 Å². The summed E-state index contributed by atoms with van der Waals surface area (Å²) >= 11 is 6.40. The highest BCUT2D eigenvalue weighted by Crippen LogP contribution is 2.41. The van der Waals surface area contributed by atoms with Gasteiger partial charge in [0.2, 0.25) is 15.9 Å². The van der Waals surface area contributed by atoms with E-state index in [2.05, 4.69) is 67.8 Å². The van der Waals surface area contributed by atoms with Crippen LogP contribution in [0, 0.1) is 16.6 Å². The van der Waals surface area contributed by atoms with Gasteiger partial charge in [0, 0.05) is 17.1 Å². The average Bonchev–Trinajstić information content (AvgIpc) is 3.09. The van der Waals surface area contributed by atoms with Gasteiger partial charge in [0.1, 0.15) is 12.2 Å². The number of fused-ring (bicyclic) bond motifs is 2. The number of carbonyl (C=O) groups is 2. The molecule has 0 spiro atoms. The number of hydrogen-bond donors (Lipinski definition) is 1. The molecular formula is C15H14I3NO6S. The number of halogens is 3. The third-order valence-electron chi connectivity index (χ3n) is 4.22. The minimum Gasteiger partial charge on any atom is -0.456 e. The smallest absolute Gasteiger partial charge is 0.339 e. The molecule has 2 fully saturated rings. The van der Waals surface area contributed by atoms with Gasteiger partial charge in [-0.15, -0.1) is 0 Å². The molecule has 1 aromatic rings. The van der Waals surface area contributed by atoms with Crippen LogP contribution < -0.4 is 4.72 Å². The molecule has 0 radical (unpaired) electrons. The molecule has 7 nitrogen and oxygen atoms in total. The van der Waals surface area contributed by atoms with E-state index in [9.17, 15) is 18.0 Å². The van der Waals surface area contributed by atoms with Crippen molar-refractivity contribution in [2.75, 3.05) is 6.26 Å². The molecular weight excluding hydrogens is 703 g/mol. The van der Waals surface area contributed by atoms with Crippen molar-refractivity contribution in [1.29, 1.82) is 0 Å². The molecule has 1 N–H and O–H groups in total. The van der Waals surface area contributed by atoms with Crippen molar-refractivity contribution in [3.8, 4) is 0 Å². The van der Waals surface area contributed by atoms with Crippen LogP contribution in [0.15, 0.2) is 12.1 Å². The van der Waals surface area contributed by atoms with E-state index < -0.39 is 40.0 Å². The van der Waals surface area contributed by atoms with Crippen molar-refractivity contribution in [1.82, 2.24) is 4.72 Å². The van der Waals surface area contributed by atoms with E-state index in [1.807, 2.05) is 10.8 Å². The number of hydrogen-bond acceptors (Lipinski definition) is 6. The zero-order valence-electron chi connectivity index (χ0n) is 13.4. The fourth-order valence-electron chi connectivity index (χ4n) is 3.22. The van der Waals surface area contributed by atoms with Crippen LogP contribution in [0.1, 0.15) is 23.2 Å². The van der Waals surface area contributed by atoms with Crippen LogP contribution in [0.5, 0.6) is 0 Å². The molecule has 4 atom stereocenters. The van der Waals surface area contributed by atoms with E-state index in [1.54, 1.807) is 6.07 Å². The van der Waals surface area contributed by atoms with Crippen LogP contribution in [0.25, 0.3) is 0 Å². The van der Waals surface area contributed by atoms with Crippen molar-refractivity contribution in [3.63, 3.8) is 0 Å². The summed E-state index contributed by atoms with van der Waals surface area (Å²) in [5, 5.41) is 0. The first kappa shape index (κ1) is 21.0. The van der Waals surface area contributed by atoms with E-state index in [1.165, 1.54) is 0 Å². The first-order chi connectivity index (χ1) is 12.0. The van der Waals surface area contributed by atoms with Gasteiger partial charge < -0.3 is 9.47 Å². The molecule has 0 aliphatic carbocycles. The summed E-state index contributed by atoms with van der Waals surface area (Å²) < 4.78 is 38.6. The van der Waals surface area contributed by atoms with E-state index in [0.717, 1.165) is 17.0 Å². The maximum Gasteiger partial charge on any atom is 0.339 e. The Morgan fingerprint density at radius 1 is 1.23 bits per heavy atom. The lowest BCUT2D eigenvalue weighted by Crippen LogP contribution is -2.44. The Labute approximate surface area is 191 Å². The number of benzene rings is 1. The lowest BCUT2D eigenvalue weighted by atomic mass is 9.86.